The number of piperazine rings is 1. The maximum absolute atomic E-state index is 15.0. The summed E-state index contributed by atoms with van der Waals surface area (Å²) < 4.78 is 100.0. The van der Waals surface area contributed by atoms with E-state index < -0.39 is 48.2 Å². The van der Waals surface area contributed by atoms with Crippen LogP contribution in [0.5, 0.6) is 5.88 Å². The zero-order chi connectivity index (χ0) is 33.9. The molecule has 4 heterocycles. The zero-order valence-corrected chi connectivity index (χ0v) is 24.8. The molecule has 5 rings (SSSR count). The van der Waals surface area contributed by atoms with Gasteiger partial charge >= 0.3 is 12.4 Å². The predicted molar refractivity (Wildman–Crippen MR) is 157 cm³/mol. The number of amides is 1. The normalized spacial score (nSPS) is 17.5. The smallest absolute Gasteiger partial charge is 0.422 e. The lowest BCUT2D eigenvalue weighted by Gasteiger charge is -2.34. The molecule has 1 atom stereocenters. The van der Waals surface area contributed by atoms with Crippen LogP contribution in [0.25, 0.3) is 0 Å². The summed E-state index contributed by atoms with van der Waals surface area (Å²) in [4.78, 5) is 34.3. The van der Waals surface area contributed by atoms with Crippen molar-refractivity contribution in [1.82, 2.24) is 19.9 Å². The maximum Gasteiger partial charge on any atom is 0.422 e. The van der Waals surface area contributed by atoms with E-state index in [9.17, 15) is 31.1 Å². The molecular formula is C29H29F7N8O3. The van der Waals surface area contributed by atoms with Crippen LogP contribution < -0.4 is 25.3 Å². The topological polar surface area (TPSA) is 108 Å². The summed E-state index contributed by atoms with van der Waals surface area (Å²) in [7, 11) is 1.91. The average molecular weight is 671 g/mol. The van der Waals surface area contributed by atoms with Crippen LogP contribution in [0.4, 0.5) is 59.6 Å². The van der Waals surface area contributed by atoms with Gasteiger partial charge < -0.3 is 25.2 Å². The Hall–Kier alpha value is -4.71. The van der Waals surface area contributed by atoms with Crippen LogP contribution in [0.15, 0.2) is 49.3 Å². The fourth-order valence-corrected chi connectivity index (χ4v) is 5.05. The van der Waals surface area contributed by atoms with E-state index in [-0.39, 0.29) is 47.4 Å². The van der Waals surface area contributed by atoms with E-state index in [1.807, 2.05) is 7.05 Å². The standard InChI is InChI=1S/C29H29F7N8O3/c1-3-24(45)40-19-13-20(27(46-15-28(31,32)33)41-26(19)43-10-8-42(2)9-11-43)39-22-14-23(38-16-37-22)44-21(7-12-47-44)17-5-4-6-18(25(17)30)29(34,35)36/h3-6,13-14,16,21H,1,7-12,15H2,2H3,(H,40,45)(H,37,38,39)/t21-/m1/s1. The van der Waals surface area contributed by atoms with Crippen molar-refractivity contribution in [3.05, 3.63) is 66.3 Å². The second kappa shape index (κ2) is 13.6. The summed E-state index contributed by atoms with van der Waals surface area (Å²) in [5.74, 6) is -2.31. The number of benzene rings is 1. The van der Waals surface area contributed by atoms with E-state index >= 15 is 4.39 Å². The molecule has 0 bridgehead atoms. The fraction of sp³-hybridized carbons (Fsp3) is 0.379. The number of pyridine rings is 1. The highest BCUT2D eigenvalue weighted by atomic mass is 19.4. The molecular weight excluding hydrogens is 641 g/mol. The molecule has 2 saturated heterocycles. The van der Waals surface area contributed by atoms with E-state index in [1.54, 1.807) is 4.90 Å². The van der Waals surface area contributed by atoms with Gasteiger partial charge in [-0.05, 0) is 25.3 Å². The quantitative estimate of drug-likeness (QED) is 0.225. The summed E-state index contributed by atoms with van der Waals surface area (Å²) in [6.07, 6.45) is -7.40. The monoisotopic (exact) mass is 670 g/mol. The SMILES string of the molecule is C=CC(=O)Nc1cc(Nc2cc(N3OCC[C@@H]3c3cccc(C(F)(F)F)c3F)ncn2)c(OCC(F)(F)F)nc1N1CCN(C)CC1. The Bertz CT molecular complexity index is 1610. The molecule has 3 aromatic rings. The van der Waals surface area contributed by atoms with Gasteiger partial charge in [0.2, 0.25) is 11.8 Å². The first-order chi connectivity index (χ1) is 22.2. The Morgan fingerprint density at radius 1 is 1.11 bits per heavy atom. The molecule has 18 heteroatoms. The Kier molecular flexibility index (Phi) is 9.71. The van der Waals surface area contributed by atoms with Crippen LogP contribution in [0.1, 0.15) is 23.6 Å². The summed E-state index contributed by atoms with van der Waals surface area (Å²) in [5, 5.41) is 6.58. The van der Waals surface area contributed by atoms with Gasteiger partial charge in [0.25, 0.3) is 0 Å². The van der Waals surface area contributed by atoms with Gasteiger partial charge in [-0.1, -0.05) is 18.7 Å². The Morgan fingerprint density at radius 2 is 1.85 bits per heavy atom. The first kappa shape index (κ1) is 33.6. The van der Waals surface area contributed by atoms with E-state index in [4.69, 9.17) is 9.57 Å². The molecule has 1 aromatic carbocycles. The molecule has 0 radical (unpaired) electrons. The summed E-state index contributed by atoms with van der Waals surface area (Å²) in [6, 6.07) is 4.59. The molecule has 2 aliphatic heterocycles. The number of nitrogens with zero attached hydrogens (tertiary/aromatic N) is 6. The van der Waals surface area contributed by atoms with Crippen LogP contribution in [-0.2, 0) is 15.8 Å². The lowest BCUT2D eigenvalue weighted by atomic mass is 10.0. The van der Waals surface area contributed by atoms with Gasteiger partial charge in [-0.25, -0.2) is 19.4 Å². The highest BCUT2D eigenvalue weighted by Crippen LogP contribution is 2.41. The molecule has 2 aliphatic rings. The molecule has 252 valence electrons. The van der Waals surface area contributed by atoms with E-state index in [0.717, 1.165) is 23.5 Å². The van der Waals surface area contributed by atoms with Crippen molar-refractivity contribution < 1.29 is 45.1 Å². The number of anilines is 5. The predicted octanol–water partition coefficient (Wildman–Crippen LogP) is 5.47. The van der Waals surface area contributed by atoms with Crippen molar-refractivity contribution in [3.63, 3.8) is 0 Å². The molecule has 0 spiro atoms. The first-order valence-electron chi connectivity index (χ1n) is 14.2. The number of nitrogens with one attached hydrogen (secondary N) is 2. The third kappa shape index (κ3) is 7.99. The second-order valence-electron chi connectivity index (χ2n) is 10.7. The van der Waals surface area contributed by atoms with Crippen molar-refractivity contribution in [1.29, 1.82) is 0 Å². The molecule has 11 nitrogen and oxygen atoms in total. The molecule has 47 heavy (non-hydrogen) atoms. The van der Waals surface area contributed by atoms with Crippen LogP contribution in [0.2, 0.25) is 0 Å². The molecule has 0 saturated carbocycles. The number of aromatic nitrogens is 3. The largest absolute Gasteiger partial charge is 0.466 e. The molecule has 0 unspecified atom stereocenters. The van der Waals surface area contributed by atoms with Crippen molar-refractivity contribution in [2.24, 2.45) is 0 Å². The molecule has 1 amide bonds. The van der Waals surface area contributed by atoms with Crippen molar-refractivity contribution in [2.75, 3.05) is 67.0 Å². The van der Waals surface area contributed by atoms with Crippen molar-refractivity contribution >= 4 is 34.7 Å². The minimum absolute atomic E-state index is 0.0132. The highest BCUT2D eigenvalue weighted by molar-refractivity contribution is 6.01. The van der Waals surface area contributed by atoms with Gasteiger partial charge in [-0.15, -0.1) is 0 Å². The van der Waals surface area contributed by atoms with E-state index in [1.165, 1.54) is 18.2 Å². The van der Waals surface area contributed by atoms with Gasteiger partial charge in [-0.3, -0.25) is 9.63 Å². The average Bonchev–Trinajstić information content (AvgIpc) is 3.50. The highest BCUT2D eigenvalue weighted by Gasteiger charge is 2.38. The lowest BCUT2D eigenvalue weighted by molar-refractivity contribution is -0.154. The Morgan fingerprint density at radius 3 is 2.53 bits per heavy atom. The number of halogens is 7. The molecule has 0 aliphatic carbocycles. The minimum Gasteiger partial charge on any atom is -0.466 e. The zero-order valence-electron chi connectivity index (χ0n) is 24.8. The van der Waals surface area contributed by atoms with Gasteiger partial charge in [-0.2, -0.15) is 31.3 Å². The van der Waals surface area contributed by atoms with Crippen LogP contribution in [0.3, 0.4) is 0 Å². The van der Waals surface area contributed by atoms with Crippen LogP contribution in [-0.4, -0.2) is 78.4 Å². The number of ether oxygens (including phenoxy) is 1. The summed E-state index contributed by atoms with van der Waals surface area (Å²) in [6.45, 7) is 3.99. The van der Waals surface area contributed by atoms with Gasteiger partial charge in [0, 0.05) is 44.2 Å². The van der Waals surface area contributed by atoms with Crippen molar-refractivity contribution in [3.8, 4) is 5.88 Å². The maximum atomic E-state index is 15.0. The summed E-state index contributed by atoms with van der Waals surface area (Å²) in [5.41, 5.74) is -1.65. The molecule has 2 fully saturated rings. The molecule has 2 N–H and O–H groups in total. The number of hydroxylamine groups is 1. The number of hydrogen-bond donors (Lipinski definition) is 2. The number of likely N-dealkylation sites (N-methyl/N-ethyl adjacent to an activating group) is 1. The first-order valence-corrected chi connectivity index (χ1v) is 14.2. The number of carbonyl (C=O) groups is 1. The number of rotatable bonds is 9. The van der Waals surface area contributed by atoms with Crippen molar-refractivity contribution in [2.45, 2.75) is 24.8 Å². The third-order valence-corrected chi connectivity index (χ3v) is 7.32. The van der Waals surface area contributed by atoms with Gasteiger partial charge in [0.1, 0.15) is 23.6 Å². The second-order valence-corrected chi connectivity index (χ2v) is 10.7. The van der Waals surface area contributed by atoms with E-state index in [0.29, 0.717) is 32.2 Å². The number of carbonyl (C=O) groups excluding carboxylic acids is 1. The Balaban J connectivity index is 1.50. The minimum atomic E-state index is -4.92. The van der Waals surface area contributed by atoms with E-state index in [2.05, 4.69) is 37.1 Å². The third-order valence-electron chi connectivity index (χ3n) is 7.32. The fourth-order valence-electron chi connectivity index (χ4n) is 5.05. The van der Waals surface area contributed by atoms with Crippen LogP contribution in [0, 0.1) is 5.82 Å². The Labute approximate surface area is 263 Å². The summed E-state index contributed by atoms with van der Waals surface area (Å²) >= 11 is 0. The number of alkyl halides is 6. The van der Waals surface area contributed by atoms with Gasteiger partial charge in [0.15, 0.2) is 18.2 Å². The van der Waals surface area contributed by atoms with Gasteiger partial charge in [0.05, 0.1) is 23.9 Å². The molecule has 2 aromatic heterocycles. The van der Waals surface area contributed by atoms with Crippen LogP contribution >= 0.6 is 0 Å². The lowest BCUT2D eigenvalue weighted by Crippen LogP contribution is -2.45. The number of hydrogen-bond acceptors (Lipinski definition) is 10.